The van der Waals surface area contributed by atoms with Gasteiger partial charge in [0.2, 0.25) is 0 Å². The van der Waals surface area contributed by atoms with Crippen molar-refractivity contribution in [2.24, 2.45) is 0 Å². The number of benzene rings is 2. The Kier molecular flexibility index (Phi) is 4.69. The average Bonchev–Trinajstić information content (AvgIpc) is 2.98. The van der Waals surface area contributed by atoms with Gasteiger partial charge in [0.1, 0.15) is 5.82 Å². The number of amides is 1. The van der Waals surface area contributed by atoms with Crippen molar-refractivity contribution in [3.63, 3.8) is 0 Å². The number of ether oxygens (including phenoxy) is 1. The molecule has 0 bridgehead atoms. The highest BCUT2D eigenvalue weighted by Crippen LogP contribution is 2.29. The maximum Gasteiger partial charge on any atom is 0.258 e. The molecule has 120 valence electrons. The van der Waals surface area contributed by atoms with Crippen LogP contribution in [0.5, 0.6) is 0 Å². The van der Waals surface area contributed by atoms with Crippen molar-refractivity contribution < 1.29 is 19.0 Å². The van der Waals surface area contributed by atoms with Gasteiger partial charge in [-0.3, -0.25) is 4.79 Å². The number of aliphatic hydroxyl groups excluding tert-OH is 1. The highest BCUT2D eigenvalue weighted by Gasteiger charge is 2.29. The molecule has 1 aliphatic heterocycles. The third-order valence-corrected chi connectivity index (χ3v) is 3.88. The quantitative estimate of drug-likeness (QED) is 0.921. The second kappa shape index (κ2) is 6.89. The van der Waals surface area contributed by atoms with Gasteiger partial charge in [-0.1, -0.05) is 30.3 Å². The van der Waals surface area contributed by atoms with E-state index in [0.29, 0.717) is 25.3 Å². The molecule has 0 fully saturated rings. The molecule has 0 aromatic heterocycles. The second-order valence-corrected chi connectivity index (χ2v) is 5.53. The summed E-state index contributed by atoms with van der Waals surface area (Å²) < 4.78 is 18.6. The summed E-state index contributed by atoms with van der Waals surface area (Å²) in [6.45, 7) is 0.723. The van der Waals surface area contributed by atoms with Crippen LogP contribution in [0.3, 0.4) is 0 Å². The highest BCUT2D eigenvalue weighted by molar-refractivity contribution is 5.98. The topological polar surface area (TPSA) is 49.8 Å². The third-order valence-electron chi connectivity index (χ3n) is 3.88. The first-order valence-electron chi connectivity index (χ1n) is 7.54. The standard InChI is InChI=1S/C18H18FNO3/c19-15-6-7-16-14(10-15)8-9-20(16)18(22)17(21)12-23-11-13-4-2-1-3-5-13/h1-7,10,17,21H,8-9,11-12H2/t17-/m0/s1. The molecule has 0 aliphatic carbocycles. The molecule has 2 aromatic carbocycles. The third kappa shape index (κ3) is 3.57. The minimum absolute atomic E-state index is 0.0687. The largest absolute Gasteiger partial charge is 0.381 e. The molecule has 1 heterocycles. The van der Waals surface area contributed by atoms with Crippen LogP contribution >= 0.6 is 0 Å². The summed E-state index contributed by atoms with van der Waals surface area (Å²) in [5.74, 6) is -0.729. The van der Waals surface area contributed by atoms with E-state index >= 15 is 0 Å². The molecule has 5 heteroatoms. The summed E-state index contributed by atoms with van der Waals surface area (Å²) in [6.07, 6.45) is -0.633. The molecule has 2 aromatic rings. The van der Waals surface area contributed by atoms with Crippen molar-refractivity contribution >= 4 is 11.6 Å². The van der Waals surface area contributed by atoms with Crippen LogP contribution in [0.1, 0.15) is 11.1 Å². The number of nitrogens with zero attached hydrogens (tertiary/aromatic N) is 1. The van der Waals surface area contributed by atoms with E-state index in [9.17, 15) is 14.3 Å². The first-order chi connectivity index (χ1) is 11.1. The molecular formula is C18H18FNO3. The van der Waals surface area contributed by atoms with Crippen LogP contribution < -0.4 is 4.90 Å². The van der Waals surface area contributed by atoms with E-state index in [0.717, 1.165) is 11.1 Å². The lowest BCUT2D eigenvalue weighted by Crippen LogP contribution is -2.40. The van der Waals surface area contributed by atoms with Gasteiger partial charge < -0.3 is 14.7 Å². The Morgan fingerprint density at radius 2 is 2.04 bits per heavy atom. The Labute approximate surface area is 134 Å². The van der Waals surface area contributed by atoms with E-state index in [2.05, 4.69) is 0 Å². The molecule has 0 spiro atoms. The van der Waals surface area contributed by atoms with E-state index in [1.54, 1.807) is 6.07 Å². The van der Waals surface area contributed by atoms with Crippen molar-refractivity contribution in [1.82, 2.24) is 0 Å². The molecule has 0 unspecified atom stereocenters. The van der Waals surface area contributed by atoms with Crippen LogP contribution in [0.2, 0.25) is 0 Å². The minimum atomic E-state index is -1.23. The van der Waals surface area contributed by atoms with Gasteiger partial charge in [0.25, 0.3) is 5.91 Å². The van der Waals surface area contributed by atoms with Crippen LogP contribution in [0.15, 0.2) is 48.5 Å². The molecule has 4 nitrogen and oxygen atoms in total. The number of halogens is 1. The van der Waals surface area contributed by atoms with Crippen molar-refractivity contribution in [1.29, 1.82) is 0 Å². The fraction of sp³-hybridized carbons (Fsp3) is 0.278. The fourth-order valence-electron chi connectivity index (χ4n) is 2.71. The molecule has 0 radical (unpaired) electrons. The van der Waals surface area contributed by atoms with Crippen LogP contribution in [0.4, 0.5) is 10.1 Å². The van der Waals surface area contributed by atoms with Crippen molar-refractivity contribution in [3.05, 3.63) is 65.5 Å². The van der Waals surface area contributed by atoms with Gasteiger partial charge in [0.15, 0.2) is 6.10 Å². The monoisotopic (exact) mass is 315 g/mol. The zero-order chi connectivity index (χ0) is 16.2. The van der Waals surface area contributed by atoms with E-state index in [-0.39, 0.29) is 12.4 Å². The smallest absolute Gasteiger partial charge is 0.258 e. The number of anilines is 1. The molecule has 1 amide bonds. The number of hydrogen-bond acceptors (Lipinski definition) is 3. The summed E-state index contributed by atoms with van der Waals surface area (Å²) >= 11 is 0. The normalized spacial score (nSPS) is 14.6. The van der Waals surface area contributed by atoms with Crippen LogP contribution in [0.25, 0.3) is 0 Å². The zero-order valence-electron chi connectivity index (χ0n) is 12.6. The van der Waals surface area contributed by atoms with Crippen LogP contribution in [-0.4, -0.2) is 30.3 Å². The number of carbonyl (C=O) groups is 1. The number of rotatable bonds is 5. The van der Waals surface area contributed by atoms with E-state index in [1.807, 2.05) is 30.3 Å². The molecule has 1 N–H and O–H groups in total. The fourth-order valence-corrected chi connectivity index (χ4v) is 2.71. The van der Waals surface area contributed by atoms with Gasteiger partial charge in [-0.25, -0.2) is 4.39 Å². The molecular weight excluding hydrogens is 297 g/mol. The first-order valence-corrected chi connectivity index (χ1v) is 7.54. The Morgan fingerprint density at radius 1 is 1.26 bits per heavy atom. The van der Waals surface area contributed by atoms with Crippen molar-refractivity contribution in [2.75, 3.05) is 18.1 Å². The summed E-state index contributed by atoms with van der Waals surface area (Å²) in [5.41, 5.74) is 2.43. The van der Waals surface area contributed by atoms with Gasteiger partial charge in [0.05, 0.1) is 13.2 Å². The predicted octanol–water partition coefficient (Wildman–Crippen LogP) is 2.29. The molecule has 0 saturated heterocycles. The second-order valence-electron chi connectivity index (χ2n) is 5.53. The first kappa shape index (κ1) is 15.6. The summed E-state index contributed by atoms with van der Waals surface area (Å²) in [4.78, 5) is 13.8. The number of carbonyl (C=O) groups excluding carboxylic acids is 1. The lowest BCUT2D eigenvalue weighted by atomic mass is 10.1. The predicted molar refractivity (Wildman–Crippen MR) is 84.6 cm³/mol. The maximum absolute atomic E-state index is 13.2. The molecule has 1 atom stereocenters. The minimum Gasteiger partial charge on any atom is -0.381 e. The molecule has 0 saturated carbocycles. The SMILES string of the molecule is O=C([C@@H](O)COCc1ccccc1)N1CCc2cc(F)ccc21. The number of aliphatic hydroxyl groups is 1. The summed E-state index contributed by atoms with van der Waals surface area (Å²) in [5, 5.41) is 10.0. The average molecular weight is 315 g/mol. The highest BCUT2D eigenvalue weighted by atomic mass is 19.1. The van der Waals surface area contributed by atoms with E-state index in [4.69, 9.17) is 4.74 Å². The number of fused-ring (bicyclic) bond motifs is 1. The van der Waals surface area contributed by atoms with E-state index in [1.165, 1.54) is 17.0 Å². The Balaban J connectivity index is 1.56. The van der Waals surface area contributed by atoms with E-state index < -0.39 is 12.0 Å². The summed E-state index contributed by atoms with van der Waals surface area (Å²) in [6, 6.07) is 13.9. The maximum atomic E-state index is 13.2. The Morgan fingerprint density at radius 3 is 2.83 bits per heavy atom. The van der Waals surface area contributed by atoms with Crippen molar-refractivity contribution in [3.8, 4) is 0 Å². The molecule has 1 aliphatic rings. The number of hydrogen-bond donors (Lipinski definition) is 1. The summed E-state index contributed by atoms with van der Waals surface area (Å²) in [7, 11) is 0. The lowest BCUT2D eigenvalue weighted by molar-refractivity contribution is -0.129. The van der Waals surface area contributed by atoms with Gasteiger partial charge in [-0.05, 0) is 35.7 Å². The molecule has 23 heavy (non-hydrogen) atoms. The Hall–Kier alpha value is -2.24. The van der Waals surface area contributed by atoms with Gasteiger partial charge >= 0.3 is 0 Å². The van der Waals surface area contributed by atoms with Crippen molar-refractivity contribution in [2.45, 2.75) is 19.1 Å². The lowest BCUT2D eigenvalue weighted by Gasteiger charge is -2.21. The van der Waals surface area contributed by atoms with Crippen LogP contribution in [0, 0.1) is 5.82 Å². The van der Waals surface area contributed by atoms with Gasteiger partial charge in [-0.15, -0.1) is 0 Å². The zero-order valence-corrected chi connectivity index (χ0v) is 12.6. The Bertz CT molecular complexity index is 690. The molecule has 3 rings (SSSR count). The van der Waals surface area contributed by atoms with Gasteiger partial charge in [0, 0.05) is 12.2 Å². The van der Waals surface area contributed by atoms with Gasteiger partial charge in [-0.2, -0.15) is 0 Å². The van der Waals surface area contributed by atoms with Crippen LogP contribution in [-0.2, 0) is 22.6 Å².